The number of carbonyl (C=O) groups excluding carboxylic acids is 1. The van der Waals surface area contributed by atoms with Crippen LogP contribution in [0.15, 0.2) is 36.5 Å². The van der Waals surface area contributed by atoms with Gasteiger partial charge in [-0.25, -0.2) is 0 Å². The minimum atomic E-state index is -0.0940. The number of carbonyl (C=O) groups is 1. The van der Waals surface area contributed by atoms with Gasteiger partial charge in [0.1, 0.15) is 5.69 Å². The molecule has 0 aliphatic carbocycles. The molecule has 0 saturated carbocycles. The number of hydrogen-bond acceptors (Lipinski definition) is 4. The van der Waals surface area contributed by atoms with Gasteiger partial charge in [-0.1, -0.05) is 23.7 Å². The fourth-order valence-corrected chi connectivity index (χ4v) is 4.26. The van der Waals surface area contributed by atoms with E-state index < -0.39 is 0 Å². The Morgan fingerprint density at radius 1 is 1.22 bits per heavy atom. The second kappa shape index (κ2) is 8.31. The van der Waals surface area contributed by atoms with E-state index in [1.165, 1.54) is 0 Å². The van der Waals surface area contributed by atoms with Gasteiger partial charge in [0, 0.05) is 31.9 Å². The summed E-state index contributed by atoms with van der Waals surface area (Å²) in [5, 5.41) is 11.8. The molecule has 0 radical (unpaired) electrons. The highest BCUT2D eigenvalue weighted by Gasteiger charge is 2.24. The lowest BCUT2D eigenvalue weighted by molar-refractivity contribution is 0.0926. The third-order valence-corrected chi connectivity index (χ3v) is 5.76. The molecule has 1 aromatic heterocycles. The van der Waals surface area contributed by atoms with Crippen molar-refractivity contribution in [3.05, 3.63) is 47.2 Å². The minimum Gasteiger partial charge on any atom is -0.368 e. The van der Waals surface area contributed by atoms with Gasteiger partial charge in [-0.2, -0.15) is 5.10 Å². The predicted octanol–water partition coefficient (Wildman–Crippen LogP) is 2.86. The van der Waals surface area contributed by atoms with E-state index in [2.05, 4.69) is 20.6 Å². The minimum absolute atomic E-state index is 0.0940. The molecule has 27 heavy (non-hydrogen) atoms. The first-order valence-electron chi connectivity index (χ1n) is 9.77. The molecule has 0 spiro atoms. The monoisotopic (exact) mass is 387 g/mol. The maximum Gasteiger partial charge on any atom is 0.272 e. The summed E-state index contributed by atoms with van der Waals surface area (Å²) in [6.45, 7) is 3.70. The van der Waals surface area contributed by atoms with Crippen molar-refractivity contribution in [3.8, 4) is 0 Å². The van der Waals surface area contributed by atoms with Crippen molar-refractivity contribution in [3.63, 3.8) is 0 Å². The number of nitrogens with zero attached hydrogens (tertiary/aromatic N) is 3. The quantitative estimate of drug-likeness (QED) is 0.846. The SMILES string of the molecule is O=C(NC1CCCN(c2ccccc2Cl)C1)c1ccn(C2CCCNC2)n1. The van der Waals surface area contributed by atoms with E-state index in [1.807, 2.05) is 41.2 Å². The van der Waals surface area contributed by atoms with Gasteiger partial charge in [0.2, 0.25) is 0 Å². The zero-order valence-electron chi connectivity index (χ0n) is 15.4. The average Bonchev–Trinajstić information content (AvgIpc) is 3.20. The lowest BCUT2D eigenvalue weighted by Crippen LogP contribution is -2.48. The lowest BCUT2D eigenvalue weighted by Gasteiger charge is -2.35. The number of halogens is 1. The zero-order valence-corrected chi connectivity index (χ0v) is 16.2. The Hall–Kier alpha value is -2.05. The highest BCUT2D eigenvalue weighted by atomic mass is 35.5. The number of benzene rings is 1. The first-order valence-corrected chi connectivity index (χ1v) is 10.1. The van der Waals surface area contributed by atoms with Gasteiger partial charge in [0.05, 0.1) is 16.8 Å². The van der Waals surface area contributed by atoms with Crippen molar-refractivity contribution in [1.82, 2.24) is 20.4 Å². The van der Waals surface area contributed by atoms with Crippen LogP contribution in [0.2, 0.25) is 5.02 Å². The topological polar surface area (TPSA) is 62.2 Å². The number of hydrogen-bond donors (Lipinski definition) is 2. The van der Waals surface area contributed by atoms with Gasteiger partial charge in [-0.3, -0.25) is 9.48 Å². The summed E-state index contributed by atoms with van der Waals surface area (Å²) in [5.41, 5.74) is 1.53. The molecule has 4 rings (SSSR count). The number of aromatic nitrogens is 2. The van der Waals surface area contributed by atoms with E-state index in [0.29, 0.717) is 11.7 Å². The van der Waals surface area contributed by atoms with Gasteiger partial charge < -0.3 is 15.5 Å². The van der Waals surface area contributed by atoms with E-state index in [9.17, 15) is 4.79 Å². The molecular formula is C20H26ClN5O. The Balaban J connectivity index is 1.38. The maximum absolute atomic E-state index is 12.7. The van der Waals surface area contributed by atoms with Crippen LogP contribution < -0.4 is 15.5 Å². The number of rotatable bonds is 4. The van der Waals surface area contributed by atoms with Crippen molar-refractivity contribution < 1.29 is 4.79 Å². The summed E-state index contributed by atoms with van der Waals surface area (Å²) in [5.74, 6) is -0.0940. The average molecular weight is 388 g/mol. The summed E-state index contributed by atoms with van der Waals surface area (Å²) in [6, 6.07) is 10.1. The number of anilines is 1. The summed E-state index contributed by atoms with van der Waals surface area (Å²) in [7, 11) is 0. The van der Waals surface area contributed by atoms with E-state index in [0.717, 1.165) is 62.6 Å². The molecule has 3 heterocycles. The van der Waals surface area contributed by atoms with Crippen molar-refractivity contribution >= 4 is 23.2 Å². The standard InChI is InChI=1S/C20H26ClN5O/c21-17-7-1-2-8-19(17)25-11-4-5-15(14-25)23-20(27)18-9-12-26(24-18)16-6-3-10-22-13-16/h1-2,7-9,12,15-16,22H,3-6,10-11,13-14H2,(H,23,27). The van der Waals surface area contributed by atoms with Crippen LogP contribution >= 0.6 is 11.6 Å². The Morgan fingerprint density at radius 3 is 2.93 bits per heavy atom. The summed E-state index contributed by atoms with van der Waals surface area (Å²) >= 11 is 6.34. The molecule has 7 heteroatoms. The molecule has 144 valence electrons. The Labute approximate surface area is 164 Å². The second-order valence-electron chi connectivity index (χ2n) is 7.39. The summed E-state index contributed by atoms with van der Waals surface area (Å²) in [4.78, 5) is 14.9. The molecule has 2 atom stereocenters. The summed E-state index contributed by atoms with van der Waals surface area (Å²) < 4.78 is 1.93. The van der Waals surface area contributed by atoms with Crippen LogP contribution in [0.1, 0.15) is 42.2 Å². The van der Waals surface area contributed by atoms with Crippen molar-refractivity contribution in [2.45, 2.75) is 37.8 Å². The highest BCUT2D eigenvalue weighted by molar-refractivity contribution is 6.33. The molecular weight excluding hydrogens is 362 g/mol. The molecule has 6 nitrogen and oxygen atoms in total. The predicted molar refractivity (Wildman–Crippen MR) is 108 cm³/mol. The van der Waals surface area contributed by atoms with Gasteiger partial charge in [-0.15, -0.1) is 0 Å². The molecule has 0 bridgehead atoms. The largest absolute Gasteiger partial charge is 0.368 e. The van der Waals surface area contributed by atoms with Crippen LogP contribution in [0.3, 0.4) is 0 Å². The number of para-hydroxylation sites is 1. The summed E-state index contributed by atoms with van der Waals surface area (Å²) in [6.07, 6.45) is 6.17. The normalized spacial score (nSPS) is 23.2. The van der Waals surface area contributed by atoms with Gasteiger partial charge in [-0.05, 0) is 50.4 Å². The molecule has 2 aliphatic heterocycles. The molecule has 2 fully saturated rings. The maximum atomic E-state index is 12.7. The van der Waals surface area contributed by atoms with Gasteiger partial charge in [0.25, 0.3) is 5.91 Å². The number of amides is 1. The van der Waals surface area contributed by atoms with Crippen molar-refractivity contribution in [2.24, 2.45) is 0 Å². The van der Waals surface area contributed by atoms with Crippen LogP contribution in [-0.2, 0) is 0 Å². The van der Waals surface area contributed by atoms with Crippen LogP contribution in [-0.4, -0.2) is 47.9 Å². The van der Waals surface area contributed by atoms with E-state index >= 15 is 0 Å². The van der Waals surface area contributed by atoms with Crippen LogP contribution in [0, 0.1) is 0 Å². The van der Waals surface area contributed by atoms with Crippen LogP contribution in [0.5, 0.6) is 0 Å². The molecule has 1 amide bonds. The Morgan fingerprint density at radius 2 is 2.11 bits per heavy atom. The molecule has 2 saturated heterocycles. The third-order valence-electron chi connectivity index (χ3n) is 5.44. The second-order valence-corrected chi connectivity index (χ2v) is 7.80. The van der Waals surface area contributed by atoms with E-state index in [1.54, 1.807) is 0 Å². The van der Waals surface area contributed by atoms with Crippen LogP contribution in [0.4, 0.5) is 5.69 Å². The molecule has 2 aliphatic rings. The third kappa shape index (κ3) is 4.28. The van der Waals surface area contributed by atoms with E-state index in [4.69, 9.17) is 11.6 Å². The lowest BCUT2D eigenvalue weighted by atomic mass is 10.0. The van der Waals surface area contributed by atoms with Gasteiger partial charge in [0.15, 0.2) is 0 Å². The molecule has 1 aromatic carbocycles. The first kappa shape index (κ1) is 18.3. The molecule has 2 aromatic rings. The molecule has 2 unspecified atom stereocenters. The Bertz CT molecular complexity index is 786. The number of piperidine rings is 2. The number of nitrogens with one attached hydrogen (secondary N) is 2. The van der Waals surface area contributed by atoms with Crippen molar-refractivity contribution in [1.29, 1.82) is 0 Å². The van der Waals surface area contributed by atoms with E-state index in [-0.39, 0.29) is 11.9 Å². The fourth-order valence-electron chi connectivity index (χ4n) is 4.00. The smallest absolute Gasteiger partial charge is 0.272 e. The zero-order chi connectivity index (χ0) is 18.6. The van der Waals surface area contributed by atoms with Crippen molar-refractivity contribution in [2.75, 3.05) is 31.1 Å². The van der Waals surface area contributed by atoms with Gasteiger partial charge >= 0.3 is 0 Å². The Kier molecular flexibility index (Phi) is 5.64. The fraction of sp³-hybridized carbons (Fsp3) is 0.500. The molecule has 2 N–H and O–H groups in total. The highest BCUT2D eigenvalue weighted by Crippen LogP contribution is 2.27. The van der Waals surface area contributed by atoms with Crippen LogP contribution in [0.25, 0.3) is 0 Å². The first-order chi connectivity index (χ1) is 13.2.